The van der Waals surface area contributed by atoms with E-state index in [2.05, 4.69) is 48.6 Å². The van der Waals surface area contributed by atoms with E-state index in [-0.39, 0.29) is 5.91 Å². The normalized spacial score (nSPS) is 9.59. The van der Waals surface area contributed by atoms with Crippen LogP contribution >= 0.6 is 15.9 Å². The van der Waals surface area contributed by atoms with Gasteiger partial charge < -0.3 is 4.90 Å². The highest BCUT2D eigenvalue weighted by Crippen LogP contribution is 2.09. The van der Waals surface area contributed by atoms with Crippen LogP contribution in [0.3, 0.4) is 0 Å². The van der Waals surface area contributed by atoms with E-state index in [9.17, 15) is 4.79 Å². The largest absolute Gasteiger partial charge is 0.338 e. The van der Waals surface area contributed by atoms with Gasteiger partial charge in [0.1, 0.15) is 5.69 Å². The van der Waals surface area contributed by atoms with E-state index < -0.39 is 0 Å². The number of halogens is 1. The van der Waals surface area contributed by atoms with E-state index in [0.717, 1.165) is 16.3 Å². The van der Waals surface area contributed by atoms with Crippen molar-refractivity contribution in [3.05, 3.63) is 28.5 Å². The second kappa shape index (κ2) is 13.7. The maximum atomic E-state index is 11.8. The molecule has 1 rings (SSSR count). The number of amides is 1. The Bertz CT molecular complexity index is 379. The van der Waals surface area contributed by atoms with Crippen molar-refractivity contribution in [3.8, 4) is 0 Å². The smallest absolute Gasteiger partial charge is 0.272 e. The van der Waals surface area contributed by atoms with Crippen LogP contribution in [0.2, 0.25) is 0 Å². The van der Waals surface area contributed by atoms with Gasteiger partial charge in [-0.15, -0.1) is 0 Å². The van der Waals surface area contributed by atoms with E-state index in [0.29, 0.717) is 18.8 Å². The van der Waals surface area contributed by atoms with Gasteiger partial charge in [-0.1, -0.05) is 41.5 Å². The maximum Gasteiger partial charge on any atom is 0.272 e. The third-order valence-electron chi connectivity index (χ3n) is 3.33. The fourth-order valence-corrected chi connectivity index (χ4v) is 1.41. The molecule has 1 heterocycles. The van der Waals surface area contributed by atoms with Crippen LogP contribution in [-0.2, 0) is 0 Å². The molecule has 0 fully saturated rings. The van der Waals surface area contributed by atoms with E-state index >= 15 is 0 Å². The molecule has 3 nitrogen and oxygen atoms in total. The lowest BCUT2D eigenvalue weighted by molar-refractivity contribution is 0.0767. The first-order valence-electron chi connectivity index (χ1n) is 8.24. The highest BCUT2D eigenvalue weighted by molar-refractivity contribution is 9.10. The van der Waals surface area contributed by atoms with Gasteiger partial charge in [0.05, 0.1) is 0 Å². The Kier molecular flexibility index (Phi) is 14.6. The average Bonchev–Trinajstić information content (AvgIpc) is 2.51. The quantitative estimate of drug-likeness (QED) is 0.683. The molecule has 0 spiro atoms. The zero-order valence-corrected chi connectivity index (χ0v) is 17.1. The van der Waals surface area contributed by atoms with E-state index in [4.69, 9.17) is 0 Å². The zero-order valence-electron chi connectivity index (χ0n) is 15.5. The number of pyridine rings is 1. The molecule has 0 unspecified atom stereocenters. The Balaban J connectivity index is 0. The summed E-state index contributed by atoms with van der Waals surface area (Å²) in [4.78, 5) is 17.6. The minimum Gasteiger partial charge on any atom is -0.338 e. The SMILES string of the molecule is CC.CC(C)C(C)C.CCN(CC)C(=O)c1ccc(Br)cn1. The molecule has 0 aromatic carbocycles. The number of nitrogens with zero attached hydrogens (tertiary/aromatic N) is 2. The standard InChI is InChI=1S/C10H13BrN2O.C6H14.C2H6/c1-3-13(4-2)10(14)9-6-5-8(11)7-12-9;1-5(2)6(3)4;1-2/h5-7H,3-4H2,1-2H3;5-6H,1-4H3;1-2H3. The minimum atomic E-state index is -0.0116. The minimum absolute atomic E-state index is 0.0116. The van der Waals surface area contributed by atoms with Crippen LogP contribution in [0, 0.1) is 11.8 Å². The van der Waals surface area contributed by atoms with Crippen molar-refractivity contribution in [3.63, 3.8) is 0 Å². The van der Waals surface area contributed by atoms with Gasteiger partial charge in [-0.3, -0.25) is 4.79 Å². The molecule has 1 aromatic rings. The van der Waals surface area contributed by atoms with Gasteiger partial charge in [-0.05, 0) is 53.7 Å². The van der Waals surface area contributed by atoms with Gasteiger partial charge in [0, 0.05) is 23.8 Å². The highest BCUT2D eigenvalue weighted by atomic mass is 79.9. The molecule has 128 valence electrons. The van der Waals surface area contributed by atoms with Gasteiger partial charge in [-0.25, -0.2) is 4.98 Å². The molecule has 4 heteroatoms. The molecule has 0 aliphatic heterocycles. The molecule has 0 aliphatic rings. The number of aromatic nitrogens is 1. The first-order valence-corrected chi connectivity index (χ1v) is 9.03. The molecule has 1 amide bonds. The van der Waals surface area contributed by atoms with Crippen molar-refractivity contribution >= 4 is 21.8 Å². The average molecular weight is 373 g/mol. The van der Waals surface area contributed by atoms with Crippen molar-refractivity contribution in [2.24, 2.45) is 11.8 Å². The van der Waals surface area contributed by atoms with Crippen LogP contribution in [0.25, 0.3) is 0 Å². The van der Waals surface area contributed by atoms with Gasteiger partial charge in [0.15, 0.2) is 0 Å². The lowest BCUT2D eigenvalue weighted by atomic mass is 10.0. The number of hydrogen-bond donors (Lipinski definition) is 0. The number of carbonyl (C=O) groups is 1. The van der Waals surface area contributed by atoms with Crippen LogP contribution in [0.4, 0.5) is 0 Å². The first-order chi connectivity index (χ1) is 10.3. The van der Waals surface area contributed by atoms with Crippen molar-refractivity contribution in [2.45, 2.75) is 55.4 Å². The molecule has 0 bridgehead atoms. The Morgan fingerprint density at radius 3 is 1.82 bits per heavy atom. The third-order valence-corrected chi connectivity index (χ3v) is 3.80. The van der Waals surface area contributed by atoms with Crippen LogP contribution in [0.5, 0.6) is 0 Å². The van der Waals surface area contributed by atoms with Crippen molar-refractivity contribution in [1.82, 2.24) is 9.88 Å². The van der Waals surface area contributed by atoms with Crippen molar-refractivity contribution in [1.29, 1.82) is 0 Å². The second-order valence-corrected chi connectivity index (χ2v) is 6.24. The molecule has 0 saturated carbocycles. The second-order valence-electron chi connectivity index (χ2n) is 5.33. The predicted octanol–water partition coefficient (Wildman–Crippen LogP) is 5.65. The molecular formula is C18H33BrN2O. The summed E-state index contributed by atoms with van der Waals surface area (Å²) in [7, 11) is 0. The van der Waals surface area contributed by atoms with Gasteiger partial charge in [0.2, 0.25) is 0 Å². The summed E-state index contributed by atoms with van der Waals surface area (Å²) in [5.41, 5.74) is 0.497. The molecule has 0 aliphatic carbocycles. The van der Waals surface area contributed by atoms with Crippen LogP contribution < -0.4 is 0 Å². The number of rotatable bonds is 4. The zero-order chi connectivity index (χ0) is 17.7. The molecule has 0 radical (unpaired) electrons. The van der Waals surface area contributed by atoms with Crippen LogP contribution in [-0.4, -0.2) is 28.9 Å². The summed E-state index contributed by atoms with van der Waals surface area (Å²) in [6.07, 6.45) is 1.64. The van der Waals surface area contributed by atoms with E-state index in [1.165, 1.54) is 0 Å². The third kappa shape index (κ3) is 9.93. The fourth-order valence-electron chi connectivity index (χ4n) is 1.18. The molecule has 0 N–H and O–H groups in total. The molecule has 1 aromatic heterocycles. The summed E-state index contributed by atoms with van der Waals surface area (Å²) in [6, 6.07) is 3.55. The number of carbonyl (C=O) groups excluding carboxylic acids is 1. The summed E-state index contributed by atoms with van der Waals surface area (Å²) in [5.74, 6) is 1.69. The predicted molar refractivity (Wildman–Crippen MR) is 100 cm³/mol. The Labute approximate surface area is 145 Å². The lowest BCUT2D eigenvalue weighted by Crippen LogP contribution is -2.31. The topological polar surface area (TPSA) is 33.2 Å². The first kappa shape index (κ1) is 23.4. The van der Waals surface area contributed by atoms with Gasteiger partial charge in [-0.2, -0.15) is 0 Å². The van der Waals surface area contributed by atoms with Crippen LogP contribution in [0.1, 0.15) is 65.9 Å². The summed E-state index contributed by atoms with van der Waals surface area (Å²) < 4.78 is 0.883. The molecule has 0 atom stereocenters. The summed E-state index contributed by atoms with van der Waals surface area (Å²) in [6.45, 7) is 18.3. The van der Waals surface area contributed by atoms with Gasteiger partial charge >= 0.3 is 0 Å². The van der Waals surface area contributed by atoms with Crippen molar-refractivity contribution in [2.75, 3.05) is 13.1 Å². The monoisotopic (exact) mass is 372 g/mol. The maximum absolute atomic E-state index is 11.8. The summed E-state index contributed by atoms with van der Waals surface area (Å²) >= 11 is 3.28. The van der Waals surface area contributed by atoms with Crippen LogP contribution in [0.15, 0.2) is 22.8 Å². The molecule has 0 saturated heterocycles. The lowest BCUT2D eigenvalue weighted by Gasteiger charge is -2.17. The van der Waals surface area contributed by atoms with Gasteiger partial charge in [0.25, 0.3) is 5.91 Å². The van der Waals surface area contributed by atoms with Crippen molar-refractivity contribution < 1.29 is 4.79 Å². The van der Waals surface area contributed by atoms with E-state index in [1.54, 1.807) is 17.2 Å². The summed E-state index contributed by atoms with van der Waals surface area (Å²) in [5, 5.41) is 0. The molecule has 22 heavy (non-hydrogen) atoms. The fraction of sp³-hybridized carbons (Fsp3) is 0.667. The van der Waals surface area contributed by atoms with E-state index in [1.807, 2.05) is 33.8 Å². The molecular weight excluding hydrogens is 340 g/mol. The highest BCUT2D eigenvalue weighted by Gasteiger charge is 2.12. The Hall–Kier alpha value is -0.900. The Morgan fingerprint density at radius 1 is 1.09 bits per heavy atom. The Morgan fingerprint density at radius 2 is 1.55 bits per heavy atom. The number of hydrogen-bond acceptors (Lipinski definition) is 2.